The monoisotopic (exact) mass is 367 g/mol. The maximum atomic E-state index is 13.7. The van der Waals surface area contributed by atoms with Crippen LogP contribution in [0.3, 0.4) is 0 Å². The van der Waals surface area contributed by atoms with Crippen LogP contribution in [-0.2, 0) is 9.59 Å². The van der Waals surface area contributed by atoms with E-state index in [1.807, 2.05) is 0 Å². The predicted molar refractivity (Wildman–Crippen MR) is 89.7 cm³/mol. The lowest BCUT2D eigenvalue weighted by Gasteiger charge is -2.41. The second-order valence-corrected chi connectivity index (χ2v) is 6.26. The van der Waals surface area contributed by atoms with Gasteiger partial charge >= 0.3 is 5.97 Å². The molecule has 0 bridgehead atoms. The van der Waals surface area contributed by atoms with Crippen LogP contribution in [0.4, 0.5) is 13.2 Å². The van der Waals surface area contributed by atoms with Crippen molar-refractivity contribution in [3.8, 4) is 0 Å². The van der Waals surface area contributed by atoms with Crippen LogP contribution in [0.5, 0.6) is 0 Å². The van der Waals surface area contributed by atoms with Gasteiger partial charge < -0.3 is 10.0 Å². The molecule has 1 N–H and O–H groups in total. The van der Waals surface area contributed by atoms with Gasteiger partial charge in [-0.25, -0.2) is 18.0 Å². The molecule has 1 amide bonds. The SMILES string of the molecule is C=CCC(=O)N1[C@@H](/C=C(/C)C(=O)O)CCC[C@H]1c1cc(F)c(F)c(F)c1. The second-order valence-electron chi connectivity index (χ2n) is 6.26. The smallest absolute Gasteiger partial charge is 0.331 e. The third-order valence-corrected chi connectivity index (χ3v) is 4.45. The lowest BCUT2D eigenvalue weighted by Crippen LogP contribution is -2.45. The Bertz CT molecular complexity index is 737. The summed E-state index contributed by atoms with van der Waals surface area (Å²) in [5.74, 6) is -5.66. The number of benzene rings is 1. The Kier molecular flexibility index (Phi) is 6.23. The maximum Gasteiger partial charge on any atom is 0.331 e. The molecule has 0 radical (unpaired) electrons. The van der Waals surface area contributed by atoms with Gasteiger partial charge in [0.1, 0.15) is 0 Å². The Hall–Kier alpha value is -2.57. The highest BCUT2D eigenvalue weighted by Crippen LogP contribution is 2.37. The first-order valence-electron chi connectivity index (χ1n) is 8.24. The van der Waals surface area contributed by atoms with E-state index in [-0.39, 0.29) is 23.5 Å². The van der Waals surface area contributed by atoms with Gasteiger partial charge in [-0.3, -0.25) is 4.79 Å². The first kappa shape index (κ1) is 19.8. The number of hydrogen-bond acceptors (Lipinski definition) is 2. The van der Waals surface area contributed by atoms with Gasteiger partial charge in [0.25, 0.3) is 0 Å². The van der Waals surface area contributed by atoms with Gasteiger partial charge in [-0.2, -0.15) is 0 Å². The number of amides is 1. The van der Waals surface area contributed by atoms with Crippen molar-refractivity contribution in [2.75, 3.05) is 0 Å². The molecule has 1 saturated heterocycles. The number of carbonyl (C=O) groups excluding carboxylic acids is 1. The molecule has 0 spiro atoms. The fourth-order valence-corrected chi connectivity index (χ4v) is 3.24. The van der Waals surface area contributed by atoms with E-state index in [1.165, 1.54) is 24.0 Å². The number of likely N-dealkylation sites (tertiary alicyclic amines) is 1. The summed E-state index contributed by atoms with van der Waals surface area (Å²) in [6.45, 7) is 4.94. The van der Waals surface area contributed by atoms with Crippen molar-refractivity contribution >= 4 is 11.9 Å². The molecule has 2 rings (SSSR count). The summed E-state index contributed by atoms with van der Waals surface area (Å²) in [7, 11) is 0. The molecule has 26 heavy (non-hydrogen) atoms. The number of piperidine rings is 1. The van der Waals surface area contributed by atoms with Crippen molar-refractivity contribution < 1.29 is 27.9 Å². The van der Waals surface area contributed by atoms with Gasteiger partial charge in [0.15, 0.2) is 17.5 Å². The summed E-state index contributed by atoms with van der Waals surface area (Å²) in [6.07, 6.45) is 4.45. The number of aliphatic carboxylic acids is 1. The number of carbonyl (C=O) groups is 2. The largest absolute Gasteiger partial charge is 0.478 e. The molecule has 4 nitrogen and oxygen atoms in total. The molecular formula is C19H20F3NO3. The fraction of sp³-hybridized carbons (Fsp3) is 0.368. The van der Waals surface area contributed by atoms with Crippen LogP contribution >= 0.6 is 0 Å². The number of halogens is 3. The van der Waals surface area contributed by atoms with Crippen LogP contribution in [0.15, 0.2) is 36.4 Å². The fourth-order valence-electron chi connectivity index (χ4n) is 3.24. The molecule has 0 aromatic heterocycles. The van der Waals surface area contributed by atoms with Crippen molar-refractivity contribution in [2.24, 2.45) is 0 Å². The van der Waals surface area contributed by atoms with Crippen molar-refractivity contribution in [3.63, 3.8) is 0 Å². The van der Waals surface area contributed by atoms with Gasteiger partial charge in [0, 0.05) is 12.0 Å². The van der Waals surface area contributed by atoms with E-state index < -0.39 is 35.5 Å². The molecule has 1 aliphatic rings. The first-order chi connectivity index (χ1) is 12.3. The second kappa shape index (κ2) is 8.21. The van der Waals surface area contributed by atoms with E-state index in [4.69, 9.17) is 5.11 Å². The molecule has 0 aliphatic carbocycles. The molecule has 1 aliphatic heterocycles. The Morgan fingerprint density at radius 1 is 1.27 bits per heavy atom. The number of carboxylic acid groups (broad SMARTS) is 1. The van der Waals surface area contributed by atoms with E-state index in [9.17, 15) is 22.8 Å². The number of hydrogen-bond donors (Lipinski definition) is 1. The standard InChI is InChI=1S/C19H20F3NO3/c1-3-5-17(24)23-13(8-11(2)19(25)26)6-4-7-16(23)12-9-14(20)18(22)15(21)10-12/h3,8-10,13,16H,1,4-7H2,2H3,(H,25,26)/b11-8-/t13-,16+/m1/s1. The third-order valence-electron chi connectivity index (χ3n) is 4.45. The van der Waals surface area contributed by atoms with E-state index in [1.54, 1.807) is 0 Å². The van der Waals surface area contributed by atoms with Gasteiger partial charge in [-0.1, -0.05) is 12.2 Å². The summed E-state index contributed by atoms with van der Waals surface area (Å²) >= 11 is 0. The molecule has 1 aromatic carbocycles. The molecule has 2 atom stereocenters. The van der Waals surface area contributed by atoms with Crippen molar-refractivity contribution in [1.29, 1.82) is 0 Å². The zero-order chi connectivity index (χ0) is 19.4. The Balaban J connectivity index is 2.48. The highest BCUT2D eigenvalue weighted by Gasteiger charge is 2.34. The lowest BCUT2D eigenvalue weighted by atomic mass is 9.89. The molecule has 0 unspecified atom stereocenters. The highest BCUT2D eigenvalue weighted by molar-refractivity contribution is 5.86. The van der Waals surface area contributed by atoms with Crippen LogP contribution in [-0.4, -0.2) is 27.9 Å². The van der Waals surface area contributed by atoms with Crippen molar-refractivity contribution in [1.82, 2.24) is 4.90 Å². The van der Waals surface area contributed by atoms with Crippen LogP contribution in [0.2, 0.25) is 0 Å². The Morgan fingerprint density at radius 2 is 1.88 bits per heavy atom. The van der Waals surface area contributed by atoms with E-state index in [0.29, 0.717) is 19.3 Å². The summed E-state index contributed by atoms with van der Waals surface area (Å²) in [6, 6.07) is 0.554. The molecule has 140 valence electrons. The number of rotatable bonds is 5. The number of carboxylic acids is 1. The minimum atomic E-state index is -1.56. The van der Waals surface area contributed by atoms with E-state index >= 15 is 0 Å². The molecule has 1 aromatic rings. The van der Waals surface area contributed by atoms with Crippen LogP contribution in [0, 0.1) is 17.5 Å². The zero-order valence-electron chi connectivity index (χ0n) is 14.3. The minimum absolute atomic E-state index is 0.000875. The Labute approximate surface area is 149 Å². The van der Waals surface area contributed by atoms with Gasteiger partial charge in [-0.15, -0.1) is 6.58 Å². The molecule has 7 heteroatoms. The molecule has 0 saturated carbocycles. The molecular weight excluding hydrogens is 347 g/mol. The average molecular weight is 367 g/mol. The average Bonchev–Trinajstić information content (AvgIpc) is 2.59. The highest BCUT2D eigenvalue weighted by atomic mass is 19.2. The molecule has 1 heterocycles. The normalized spacial score (nSPS) is 20.8. The van der Waals surface area contributed by atoms with Crippen molar-refractivity contribution in [2.45, 2.75) is 44.7 Å². The molecule has 1 fully saturated rings. The Morgan fingerprint density at radius 3 is 2.42 bits per heavy atom. The summed E-state index contributed by atoms with van der Waals surface area (Å²) in [5, 5.41) is 9.10. The van der Waals surface area contributed by atoms with Crippen LogP contribution in [0.1, 0.15) is 44.2 Å². The maximum absolute atomic E-state index is 13.7. The predicted octanol–water partition coefficient (Wildman–Crippen LogP) is 4.13. The van der Waals surface area contributed by atoms with Gasteiger partial charge in [0.2, 0.25) is 5.91 Å². The topological polar surface area (TPSA) is 57.6 Å². The summed E-state index contributed by atoms with van der Waals surface area (Å²) in [4.78, 5) is 25.1. The van der Waals surface area contributed by atoms with Crippen LogP contribution < -0.4 is 0 Å². The van der Waals surface area contributed by atoms with Gasteiger partial charge in [0.05, 0.1) is 12.1 Å². The van der Waals surface area contributed by atoms with Crippen molar-refractivity contribution in [3.05, 3.63) is 59.5 Å². The summed E-state index contributed by atoms with van der Waals surface area (Å²) in [5.41, 5.74) is 0.216. The number of nitrogens with zero attached hydrogens (tertiary/aromatic N) is 1. The zero-order valence-corrected chi connectivity index (χ0v) is 14.3. The lowest BCUT2D eigenvalue weighted by molar-refractivity contribution is -0.137. The van der Waals surface area contributed by atoms with Crippen LogP contribution in [0.25, 0.3) is 0 Å². The summed E-state index contributed by atoms with van der Waals surface area (Å²) < 4.78 is 40.6. The van der Waals surface area contributed by atoms with E-state index in [0.717, 1.165) is 12.1 Å². The van der Waals surface area contributed by atoms with Gasteiger partial charge in [-0.05, 0) is 43.9 Å². The minimum Gasteiger partial charge on any atom is -0.478 e. The quantitative estimate of drug-likeness (QED) is 0.484. The third kappa shape index (κ3) is 4.15. The van der Waals surface area contributed by atoms with E-state index in [2.05, 4.69) is 6.58 Å². The first-order valence-corrected chi connectivity index (χ1v) is 8.24.